The molecule has 0 saturated carbocycles. The molecule has 0 aromatic heterocycles. The van der Waals surface area contributed by atoms with Gasteiger partial charge in [-0.15, -0.1) is 11.6 Å². The molecule has 1 aromatic rings. The van der Waals surface area contributed by atoms with Crippen molar-refractivity contribution in [1.29, 1.82) is 0 Å². The highest BCUT2D eigenvalue weighted by molar-refractivity contribution is 6.18. The number of halogens is 2. The van der Waals surface area contributed by atoms with Gasteiger partial charge in [0.1, 0.15) is 5.82 Å². The van der Waals surface area contributed by atoms with Crippen LogP contribution in [-0.4, -0.2) is 29.8 Å². The van der Waals surface area contributed by atoms with Crippen molar-refractivity contribution in [3.05, 3.63) is 35.1 Å². The minimum Gasteiger partial charge on any atom is -0.337 e. The highest BCUT2D eigenvalue weighted by Gasteiger charge is 2.17. The van der Waals surface area contributed by atoms with Crippen LogP contribution in [0.5, 0.6) is 0 Å². The number of rotatable bonds is 5. The van der Waals surface area contributed by atoms with E-state index in [2.05, 4.69) is 0 Å². The van der Waals surface area contributed by atoms with Crippen LogP contribution in [0.2, 0.25) is 0 Å². The zero-order chi connectivity index (χ0) is 12.8. The number of hydrogen-bond acceptors (Lipinski definition) is 1. The molecule has 0 N–H and O–H groups in total. The largest absolute Gasteiger partial charge is 0.337 e. The molecule has 0 radical (unpaired) electrons. The highest BCUT2D eigenvalue weighted by Crippen LogP contribution is 2.13. The molecule has 0 heterocycles. The van der Waals surface area contributed by atoms with Crippen molar-refractivity contribution >= 4 is 17.5 Å². The number of carbonyl (C=O) groups excluding carboxylic acids is 1. The van der Waals surface area contributed by atoms with Gasteiger partial charge < -0.3 is 4.90 Å². The first-order chi connectivity index (χ1) is 8.10. The lowest BCUT2D eigenvalue weighted by molar-refractivity contribution is 0.0761. The summed E-state index contributed by atoms with van der Waals surface area (Å²) in [5.74, 6) is -0.394. The zero-order valence-corrected chi connectivity index (χ0v) is 10.9. The Labute approximate surface area is 106 Å². The molecule has 4 heteroatoms. The average Bonchev–Trinajstić information content (AvgIpc) is 2.28. The van der Waals surface area contributed by atoms with E-state index >= 15 is 0 Å². The van der Waals surface area contributed by atoms with Gasteiger partial charge in [0.2, 0.25) is 0 Å². The lowest BCUT2D eigenvalue weighted by atomic mass is 10.1. The van der Waals surface area contributed by atoms with Crippen LogP contribution in [0.3, 0.4) is 0 Å². The third kappa shape index (κ3) is 3.70. The Bertz CT molecular complexity index is 389. The van der Waals surface area contributed by atoms with Gasteiger partial charge in [0.25, 0.3) is 5.91 Å². The molecule has 0 unspecified atom stereocenters. The summed E-state index contributed by atoms with van der Waals surface area (Å²) in [6.07, 6.45) is 0.829. The summed E-state index contributed by atoms with van der Waals surface area (Å²) in [5, 5.41) is 0. The van der Waals surface area contributed by atoms with E-state index in [9.17, 15) is 9.18 Å². The summed E-state index contributed by atoms with van der Waals surface area (Å²) in [6.45, 7) is 4.81. The van der Waals surface area contributed by atoms with E-state index in [0.717, 1.165) is 12.0 Å². The molecule has 0 saturated heterocycles. The van der Waals surface area contributed by atoms with Crippen LogP contribution in [0.25, 0.3) is 0 Å². The van der Waals surface area contributed by atoms with E-state index in [0.29, 0.717) is 19.0 Å². The quantitative estimate of drug-likeness (QED) is 0.742. The average molecular weight is 258 g/mol. The van der Waals surface area contributed by atoms with Crippen molar-refractivity contribution in [1.82, 2.24) is 4.90 Å². The maximum atomic E-state index is 13.7. The summed E-state index contributed by atoms with van der Waals surface area (Å²) in [6, 6.07) is 4.64. The Balaban J connectivity index is 2.92. The van der Waals surface area contributed by atoms with Crippen molar-refractivity contribution in [3.63, 3.8) is 0 Å². The van der Waals surface area contributed by atoms with Crippen molar-refractivity contribution in [2.45, 2.75) is 20.3 Å². The molecule has 1 amide bonds. The number of aryl methyl sites for hydroxylation is 1. The number of carbonyl (C=O) groups is 1. The number of nitrogens with zero attached hydrogens (tertiary/aromatic N) is 1. The standard InChI is InChI=1S/C13H17ClFNO/c1-3-7-16(8-6-14)13(17)11-5-4-10(2)9-12(11)15/h4-5,9H,3,6-8H2,1-2H3. The zero-order valence-electron chi connectivity index (χ0n) is 10.2. The van der Waals surface area contributed by atoms with Gasteiger partial charge in [-0.2, -0.15) is 0 Å². The van der Waals surface area contributed by atoms with Gasteiger partial charge in [0, 0.05) is 19.0 Å². The number of hydrogen-bond donors (Lipinski definition) is 0. The molecule has 0 aliphatic carbocycles. The predicted molar refractivity (Wildman–Crippen MR) is 68.1 cm³/mol. The molecule has 0 aliphatic rings. The highest BCUT2D eigenvalue weighted by atomic mass is 35.5. The van der Waals surface area contributed by atoms with E-state index in [1.807, 2.05) is 6.92 Å². The SMILES string of the molecule is CCCN(CCCl)C(=O)c1ccc(C)cc1F. The molecule has 0 bridgehead atoms. The molecule has 0 fully saturated rings. The molecule has 0 spiro atoms. The molecule has 17 heavy (non-hydrogen) atoms. The minimum absolute atomic E-state index is 0.120. The number of amides is 1. The summed E-state index contributed by atoms with van der Waals surface area (Å²) in [5.41, 5.74) is 0.924. The summed E-state index contributed by atoms with van der Waals surface area (Å²) >= 11 is 5.64. The van der Waals surface area contributed by atoms with Gasteiger partial charge in [-0.05, 0) is 31.0 Å². The van der Waals surface area contributed by atoms with Crippen molar-refractivity contribution < 1.29 is 9.18 Å². The topological polar surface area (TPSA) is 20.3 Å². The smallest absolute Gasteiger partial charge is 0.256 e. The second-order valence-corrected chi connectivity index (χ2v) is 4.34. The molecule has 2 nitrogen and oxygen atoms in total. The molecule has 94 valence electrons. The lowest BCUT2D eigenvalue weighted by Crippen LogP contribution is -2.34. The lowest BCUT2D eigenvalue weighted by Gasteiger charge is -2.21. The van der Waals surface area contributed by atoms with Crippen molar-refractivity contribution in [3.8, 4) is 0 Å². The second kappa shape index (κ2) is 6.60. The molecular formula is C13H17ClFNO. The van der Waals surface area contributed by atoms with Crippen LogP contribution in [0.1, 0.15) is 29.3 Å². The normalized spacial score (nSPS) is 10.4. The fraction of sp³-hybridized carbons (Fsp3) is 0.462. The Morgan fingerprint density at radius 1 is 1.41 bits per heavy atom. The fourth-order valence-corrected chi connectivity index (χ4v) is 1.85. The Kier molecular flexibility index (Phi) is 5.42. The van der Waals surface area contributed by atoms with Gasteiger partial charge in [-0.1, -0.05) is 13.0 Å². The van der Waals surface area contributed by atoms with E-state index in [-0.39, 0.29) is 11.5 Å². The predicted octanol–water partition coefficient (Wildman–Crippen LogP) is 3.23. The second-order valence-electron chi connectivity index (χ2n) is 3.96. The Morgan fingerprint density at radius 3 is 2.65 bits per heavy atom. The third-order valence-electron chi connectivity index (χ3n) is 2.49. The Hall–Kier alpha value is -1.09. The first kappa shape index (κ1) is 14.0. The van der Waals surface area contributed by atoms with Crippen LogP contribution in [0.15, 0.2) is 18.2 Å². The van der Waals surface area contributed by atoms with Crippen molar-refractivity contribution in [2.24, 2.45) is 0 Å². The molecule has 1 rings (SSSR count). The maximum Gasteiger partial charge on any atom is 0.256 e. The van der Waals surface area contributed by atoms with Crippen LogP contribution in [0.4, 0.5) is 4.39 Å². The van der Waals surface area contributed by atoms with E-state index in [4.69, 9.17) is 11.6 Å². The van der Waals surface area contributed by atoms with E-state index < -0.39 is 5.82 Å². The van der Waals surface area contributed by atoms with Crippen LogP contribution >= 0.6 is 11.6 Å². The van der Waals surface area contributed by atoms with Gasteiger partial charge in [-0.3, -0.25) is 4.79 Å². The van der Waals surface area contributed by atoms with Crippen molar-refractivity contribution in [2.75, 3.05) is 19.0 Å². The molecule has 1 aromatic carbocycles. The Morgan fingerprint density at radius 2 is 2.12 bits per heavy atom. The van der Waals surface area contributed by atoms with E-state index in [1.165, 1.54) is 12.1 Å². The summed E-state index contributed by atoms with van der Waals surface area (Å²) < 4.78 is 13.7. The summed E-state index contributed by atoms with van der Waals surface area (Å²) in [4.78, 5) is 13.7. The summed E-state index contributed by atoms with van der Waals surface area (Å²) in [7, 11) is 0. The third-order valence-corrected chi connectivity index (χ3v) is 2.66. The van der Waals surface area contributed by atoms with Gasteiger partial charge >= 0.3 is 0 Å². The first-order valence-corrected chi connectivity index (χ1v) is 6.25. The fourth-order valence-electron chi connectivity index (χ4n) is 1.65. The monoisotopic (exact) mass is 257 g/mol. The molecule has 0 aliphatic heterocycles. The minimum atomic E-state index is -0.467. The molecule has 0 atom stereocenters. The van der Waals surface area contributed by atoms with Gasteiger partial charge in [0.05, 0.1) is 5.56 Å². The molecular weight excluding hydrogens is 241 g/mol. The van der Waals surface area contributed by atoms with Crippen LogP contribution in [0, 0.1) is 12.7 Å². The van der Waals surface area contributed by atoms with E-state index in [1.54, 1.807) is 17.9 Å². The number of benzene rings is 1. The van der Waals surface area contributed by atoms with Gasteiger partial charge in [-0.25, -0.2) is 4.39 Å². The van der Waals surface area contributed by atoms with Crippen LogP contribution < -0.4 is 0 Å². The number of alkyl halides is 1. The van der Waals surface area contributed by atoms with Crippen LogP contribution in [-0.2, 0) is 0 Å². The van der Waals surface area contributed by atoms with Gasteiger partial charge in [0.15, 0.2) is 0 Å². The maximum absolute atomic E-state index is 13.7. The first-order valence-electron chi connectivity index (χ1n) is 5.71.